The normalized spacial score (nSPS) is 13.1. The van der Waals surface area contributed by atoms with E-state index in [0.29, 0.717) is 17.5 Å². The van der Waals surface area contributed by atoms with Gasteiger partial charge >= 0.3 is 0 Å². The van der Waals surface area contributed by atoms with Crippen molar-refractivity contribution in [3.05, 3.63) is 0 Å². The van der Waals surface area contributed by atoms with Crippen LogP contribution in [-0.2, 0) is 23.8 Å². The average molecular weight is 871 g/mol. The first-order chi connectivity index (χ1) is 29.6. The van der Waals surface area contributed by atoms with E-state index in [0.717, 1.165) is 64.4 Å². The van der Waals surface area contributed by atoms with Gasteiger partial charge in [0.05, 0.1) is 30.7 Å². The number of ether oxygens (including phenoxy) is 3. The average Bonchev–Trinajstić information content (AvgIpc) is 3.25. The SMILES string of the molecule is CCCCCCCCC(CC)OC.CCCCCCCCC(CCCCCCCC)OC.O=CCCCCCCCN(CCCCCCCC=O)CCCNSC1COC1. The Morgan fingerprint density at radius 3 is 1.25 bits per heavy atom. The first-order valence-electron chi connectivity index (χ1n) is 26.2. The predicted octanol–water partition coefficient (Wildman–Crippen LogP) is 15.1. The summed E-state index contributed by atoms with van der Waals surface area (Å²) in [5.41, 5.74) is 0. The highest BCUT2D eigenvalue weighted by Gasteiger charge is 2.18. The zero-order valence-corrected chi connectivity index (χ0v) is 42.1. The predicted molar refractivity (Wildman–Crippen MR) is 265 cm³/mol. The Hall–Kier alpha value is -0.510. The number of hydrogen-bond acceptors (Lipinski definition) is 8. The van der Waals surface area contributed by atoms with Gasteiger partial charge in [-0.25, -0.2) is 0 Å². The van der Waals surface area contributed by atoms with Gasteiger partial charge in [-0.1, -0.05) is 194 Å². The molecule has 0 saturated carbocycles. The van der Waals surface area contributed by atoms with E-state index in [9.17, 15) is 9.59 Å². The Morgan fingerprint density at radius 1 is 0.517 bits per heavy atom. The van der Waals surface area contributed by atoms with Crippen molar-refractivity contribution in [2.75, 3.05) is 53.6 Å². The lowest BCUT2D eigenvalue weighted by Gasteiger charge is -2.26. The summed E-state index contributed by atoms with van der Waals surface area (Å²) in [5.74, 6) is 0. The number of carbonyl (C=O) groups excluding carboxylic acids is 2. The Kier molecular flexibility index (Phi) is 56.1. The summed E-state index contributed by atoms with van der Waals surface area (Å²) in [6, 6.07) is 0. The molecule has 1 saturated heterocycles. The van der Waals surface area contributed by atoms with Crippen LogP contribution in [0.2, 0.25) is 0 Å². The van der Waals surface area contributed by atoms with E-state index in [1.807, 2.05) is 26.2 Å². The summed E-state index contributed by atoms with van der Waals surface area (Å²) in [6.07, 6.45) is 47.7. The topological polar surface area (TPSA) is 77.1 Å². The lowest BCUT2D eigenvalue weighted by atomic mass is 10.0. The van der Waals surface area contributed by atoms with E-state index in [1.165, 1.54) is 212 Å². The maximum atomic E-state index is 10.4. The number of hydrogen-bond donors (Lipinski definition) is 1. The van der Waals surface area contributed by atoms with Gasteiger partial charge in [0.25, 0.3) is 0 Å². The van der Waals surface area contributed by atoms with Crippen LogP contribution < -0.4 is 4.72 Å². The molecule has 0 aromatic heterocycles. The van der Waals surface area contributed by atoms with Crippen molar-refractivity contribution < 1.29 is 23.8 Å². The van der Waals surface area contributed by atoms with E-state index in [4.69, 9.17) is 14.2 Å². The van der Waals surface area contributed by atoms with Gasteiger partial charge in [-0.2, -0.15) is 0 Å². The number of unbranched alkanes of at least 4 members (excludes halogenated alkanes) is 25. The second-order valence-corrected chi connectivity index (χ2v) is 18.8. The highest BCUT2D eigenvalue weighted by Crippen LogP contribution is 2.17. The molecule has 1 unspecified atom stereocenters. The molecule has 1 N–H and O–H groups in total. The first kappa shape index (κ1) is 61.6. The second kappa shape index (κ2) is 54.6. The maximum absolute atomic E-state index is 10.4. The molecule has 0 aromatic carbocycles. The summed E-state index contributed by atoms with van der Waals surface area (Å²) in [4.78, 5) is 23.3. The molecule has 360 valence electrons. The van der Waals surface area contributed by atoms with Crippen LogP contribution in [0, 0.1) is 0 Å². The fraction of sp³-hybridized carbons (Fsp3) is 0.962. The van der Waals surface area contributed by atoms with Gasteiger partial charge in [0.2, 0.25) is 0 Å². The molecule has 60 heavy (non-hydrogen) atoms. The van der Waals surface area contributed by atoms with E-state index in [-0.39, 0.29) is 0 Å². The van der Waals surface area contributed by atoms with E-state index in [2.05, 4.69) is 37.3 Å². The van der Waals surface area contributed by atoms with E-state index in [1.54, 1.807) is 0 Å². The number of nitrogens with one attached hydrogen (secondary N) is 1. The van der Waals surface area contributed by atoms with Crippen molar-refractivity contribution >= 4 is 24.5 Å². The van der Waals surface area contributed by atoms with Crippen molar-refractivity contribution in [3.8, 4) is 0 Å². The van der Waals surface area contributed by atoms with E-state index >= 15 is 0 Å². The highest BCUT2D eigenvalue weighted by molar-refractivity contribution is 7.98. The highest BCUT2D eigenvalue weighted by atomic mass is 32.2. The van der Waals surface area contributed by atoms with Crippen molar-refractivity contribution in [3.63, 3.8) is 0 Å². The van der Waals surface area contributed by atoms with Crippen LogP contribution in [0.4, 0.5) is 0 Å². The lowest BCUT2D eigenvalue weighted by Crippen LogP contribution is -2.34. The summed E-state index contributed by atoms with van der Waals surface area (Å²) >= 11 is 1.83. The largest absolute Gasteiger partial charge is 0.381 e. The van der Waals surface area contributed by atoms with Gasteiger partial charge < -0.3 is 28.7 Å². The molecule has 1 aliphatic heterocycles. The number of rotatable bonds is 46. The van der Waals surface area contributed by atoms with Gasteiger partial charge in [0.1, 0.15) is 12.6 Å². The molecule has 0 bridgehead atoms. The van der Waals surface area contributed by atoms with Gasteiger partial charge in [-0.3, -0.25) is 4.72 Å². The maximum Gasteiger partial charge on any atom is 0.119 e. The third-order valence-corrected chi connectivity index (χ3v) is 12.9. The van der Waals surface area contributed by atoms with Crippen LogP contribution in [0.3, 0.4) is 0 Å². The second-order valence-electron chi connectivity index (χ2n) is 17.6. The zero-order chi connectivity index (χ0) is 44.3. The third-order valence-electron chi connectivity index (χ3n) is 12.0. The van der Waals surface area contributed by atoms with Crippen LogP contribution >= 0.6 is 11.9 Å². The molecule has 1 heterocycles. The van der Waals surface area contributed by atoms with Crippen LogP contribution in [0.15, 0.2) is 0 Å². The monoisotopic (exact) mass is 871 g/mol. The summed E-state index contributed by atoms with van der Waals surface area (Å²) in [7, 11) is 3.71. The zero-order valence-electron chi connectivity index (χ0n) is 41.3. The molecule has 1 atom stereocenters. The Balaban J connectivity index is 0. The minimum atomic E-state index is 0.506. The number of methoxy groups -OCH3 is 2. The van der Waals surface area contributed by atoms with Gasteiger partial charge in [0, 0.05) is 33.6 Å². The quantitative estimate of drug-likeness (QED) is 0.0368. The fourth-order valence-corrected chi connectivity index (χ4v) is 8.51. The van der Waals surface area contributed by atoms with Crippen molar-refractivity contribution in [1.29, 1.82) is 0 Å². The molecule has 1 rings (SSSR count). The van der Waals surface area contributed by atoms with Crippen LogP contribution in [-0.4, -0.2) is 88.5 Å². The Morgan fingerprint density at radius 2 is 0.883 bits per heavy atom. The first-order valence-corrected chi connectivity index (χ1v) is 27.1. The van der Waals surface area contributed by atoms with Crippen LogP contribution in [0.1, 0.15) is 252 Å². The van der Waals surface area contributed by atoms with Crippen LogP contribution in [0.5, 0.6) is 0 Å². The molecule has 1 aliphatic rings. The minimum Gasteiger partial charge on any atom is -0.381 e. The van der Waals surface area contributed by atoms with Crippen molar-refractivity contribution in [1.82, 2.24) is 9.62 Å². The summed E-state index contributed by atoms with van der Waals surface area (Å²) < 4.78 is 19.6. The lowest BCUT2D eigenvalue weighted by molar-refractivity contribution is -0.108. The minimum absolute atomic E-state index is 0.506. The molecule has 0 spiro atoms. The smallest absolute Gasteiger partial charge is 0.119 e. The van der Waals surface area contributed by atoms with E-state index < -0.39 is 0 Å². The number of nitrogens with zero attached hydrogens (tertiary/aromatic N) is 1. The van der Waals surface area contributed by atoms with Gasteiger partial charge in [-0.05, 0) is 77.4 Å². The molecular weight excluding hydrogens is 765 g/mol. The molecule has 8 heteroatoms. The Bertz CT molecular complexity index is 762. The molecule has 7 nitrogen and oxygen atoms in total. The van der Waals surface area contributed by atoms with Crippen molar-refractivity contribution in [2.45, 2.75) is 270 Å². The number of aldehydes is 2. The molecule has 1 fully saturated rings. The van der Waals surface area contributed by atoms with Gasteiger partial charge in [0.15, 0.2) is 0 Å². The molecule has 0 aromatic rings. The number of carbonyl (C=O) groups is 2. The molecule has 0 radical (unpaired) electrons. The standard InChI is InChI=1S/C22H42N2O3S.C18H38O.C12H26O/c25-18-11-7-3-1-5-9-15-24(16-10-6-2-4-8-12-19-26)17-13-14-23-28-22-20-27-21-22;1-4-6-8-10-12-14-16-18(19-3)17-15-13-11-9-7-5-2;1-4-6-7-8-9-10-11-12(5-2)13-3/h18-19,22-23H,1-17,20-21H2;18H,4-17H2,1-3H3;12H,4-11H2,1-3H3. The Labute approximate surface area is 380 Å². The molecular formula is C52H106N2O5S. The van der Waals surface area contributed by atoms with Gasteiger partial charge in [-0.15, -0.1) is 0 Å². The molecule has 0 amide bonds. The third kappa shape index (κ3) is 48.5. The summed E-state index contributed by atoms with van der Waals surface area (Å²) in [6.45, 7) is 15.4. The molecule has 0 aliphatic carbocycles. The van der Waals surface area contributed by atoms with Crippen LogP contribution in [0.25, 0.3) is 0 Å². The summed E-state index contributed by atoms with van der Waals surface area (Å²) in [5, 5.41) is 0.648. The van der Waals surface area contributed by atoms with Crippen molar-refractivity contribution in [2.24, 2.45) is 0 Å². The fourth-order valence-electron chi connectivity index (χ4n) is 7.68.